The van der Waals surface area contributed by atoms with Crippen LogP contribution in [-0.4, -0.2) is 18.2 Å². The zero-order chi connectivity index (χ0) is 9.10. The normalized spacial score (nSPS) is 17.0. The van der Waals surface area contributed by atoms with Crippen LogP contribution in [0.25, 0.3) is 0 Å². The number of hydrogen-bond acceptors (Lipinski definition) is 4. The average Bonchev–Trinajstić information content (AvgIpc) is 2.46. The molecule has 1 aromatic rings. The summed E-state index contributed by atoms with van der Waals surface area (Å²) < 4.78 is 5.21. The van der Waals surface area contributed by atoms with Crippen molar-refractivity contribution in [3.63, 3.8) is 0 Å². The van der Waals surface area contributed by atoms with Crippen LogP contribution in [0, 0.1) is 0 Å². The van der Waals surface area contributed by atoms with Crippen molar-refractivity contribution < 1.29 is 4.52 Å². The van der Waals surface area contributed by atoms with E-state index in [0.29, 0.717) is 12.5 Å². The van der Waals surface area contributed by atoms with Gasteiger partial charge in [0.1, 0.15) is 0 Å². The third-order valence-corrected chi connectivity index (χ3v) is 2.53. The van der Waals surface area contributed by atoms with Gasteiger partial charge in [0.15, 0.2) is 5.76 Å². The Kier molecular flexibility index (Phi) is 2.49. The Hall–Kier alpha value is -1.03. The summed E-state index contributed by atoms with van der Waals surface area (Å²) in [6.07, 6.45) is 5.50. The Morgan fingerprint density at radius 2 is 2.46 bits per heavy atom. The highest BCUT2D eigenvalue weighted by Crippen LogP contribution is 2.39. The van der Waals surface area contributed by atoms with Crippen LogP contribution in [0.2, 0.25) is 0 Å². The highest BCUT2D eigenvalue weighted by atomic mass is 16.5. The molecule has 0 spiro atoms. The monoisotopic (exact) mass is 181 g/mol. The van der Waals surface area contributed by atoms with Crippen LogP contribution < -0.4 is 11.1 Å². The Morgan fingerprint density at radius 1 is 1.62 bits per heavy atom. The number of aromatic nitrogens is 1. The third-order valence-electron chi connectivity index (χ3n) is 2.53. The second-order valence-corrected chi connectivity index (χ2v) is 3.45. The number of nitrogens with two attached hydrogens (primary N) is 1. The van der Waals surface area contributed by atoms with E-state index in [1.54, 1.807) is 6.20 Å². The molecule has 1 saturated carbocycles. The maximum atomic E-state index is 5.40. The zero-order valence-corrected chi connectivity index (χ0v) is 7.62. The molecule has 0 amide bonds. The first-order chi connectivity index (χ1) is 6.42. The molecule has 3 N–H and O–H groups in total. The van der Waals surface area contributed by atoms with Gasteiger partial charge in [0.05, 0.1) is 11.9 Å². The molecule has 13 heavy (non-hydrogen) atoms. The highest BCUT2D eigenvalue weighted by molar-refractivity contribution is 5.46. The first kappa shape index (κ1) is 8.56. The molecule has 0 aliphatic heterocycles. The van der Waals surface area contributed by atoms with Gasteiger partial charge in [0.25, 0.3) is 0 Å². The highest BCUT2D eigenvalue weighted by Gasteiger charge is 2.25. The average molecular weight is 181 g/mol. The van der Waals surface area contributed by atoms with Gasteiger partial charge in [-0.15, -0.1) is 0 Å². The summed E-state index contributed by atoms with van der Waals surface area (Å²) in [6, 6.07) is 0. The maximum Gasteiger partial charge on any atom is 0.162 e. The molecule has 0 aromatic carbocycles. The number of nitrogens with one attached hydrogen (secondary N) is 1. The summed E-state index contributed by atoms with van der Waals surface area (Å²) in [6.45, 7) is 1.41. The largest absolute Gasteiger partial charge is 0.380 e. The summed E-state index contributed by atoms with van der Waals surface area (Å²) in [7, 11) is 0. The van der Waals surface area contributed by atoms with Gasteiger partial charge >= 0.3 is 0 Å². The molecule has 0 saturated heterocycles. The van der Waals surface area contributed by atoms with Crippen molar-refractivity contribution in [1.82, 2.24) is 5.16 Å². The van der Waals surface area contributed by atoms with E-state index in [1.165, 1.54) is 19.3 Å². The molecule has 4 nitrogen and oxygen atoms in total. The van der Waals surface area contributed by atoms with Crippen molar-refractivity contribution in [2.75, 3.05) is 18.4 Å². The number of nitrogens with zero attached hydrogens (tertiary/aromatic N) is 1. The van der Waals surface area contributed by atoms with E-state index < -0.39 is 0 Å². The molecule has 1 heterocycles. The van der Waals surface area contributed by atoms with Gasteiger partial charge in [-0.2, -0.15) is 0 Å². The van der Waals surface area contributed by atoms with E-state index in [0.717, 1.165) is 18.0 Å². The molecule has 0 bridgehead atoms. The Morgan fingerprint density at radius 3 is 3.08 bits per heavy atom. The lowest BCUT2D eigenvalue weighted by Gasteiger charge is -2.23. The van der Waals surface area contributed by atoms with E-state index in [-0.39, 0.29) is 0 Å². The first-order valence-electron chi connectivity index (χ1n) is 4.80. The second-order valence-electron chi connectivity index (χ2n) is 3.45. The van der Waals surface area contributed by atoms with Gasteiger partial charge in [-0.05, 0) is 12.8 Å². The fourth-order valence-electron chi connectivity index (χ4n) is 1.55. The van der Waals surface area contributed by atoms with Crippen molar-refractivity contribution in [3.05, 3.63) is 12.0 Å². The minimum Gasteiger partial charge on any atom is -0.380 e. The summed E-state index contributed by atoms with van der Waals surface area (Å²) in [5.74, 6) is 1.60. The smallest absolute Gasteiger partial charge is 0.162 e. The van der Waals surface area contributed by atoms with Crippen molar-refractivity contribution in [2.24, 2.45) is 5.73 Å². The van der Waals surface area contributed by atoms with Crippen molar-refractivity contribution in [3.8, 4) is 0 Å². The van der Waals surface area contributed by atoms with E-state index >= 15 is 0 Å². The standard InChI is InChI=1S/C9H15N3O/c10-4-5-11-8-6-12-13-9(8)7-2-1-3-7/h6-7,11H,1-5,10H2. The van der Waals surface area contributed by atoms with Crippen molar-refractivity contribution in [1.29, 1.82) is 0 Å². The van der Waals surface area contributed by atoms with E-state index in [1.807, 2.05) is 0 Å². The van der Waals surface area contributed by atoms with Crippen LogP contribution in [-0.2, 0) is 0 Å². The van der Waals surface area contributed by atoms with Crippen molar-refractivity contribution >= 4 is 5.69 Å². The molecule has 2 rings (SSSR count). The first-order valence-corrected chi connectivity index (χ1v) is 4.80. The summed E-state index contributed by atoms with van der Waals surface area (Å²) in [5, 5.41) is 7.01. The number of rotatable bonds is 4. The topological polar surface area (TPSA) is 64.1 Å². The molecular formula is C9H15N3O. The van der Waals surface area contributed by atoms with E-state index in [9.17, 15) is 0 Å². The number of anilines is 1. The molecule has 1 fully saturated rings. The minimum absolute atomic E-state index is 0.586. The maximum absolute atomic E-state index is 5.40. The van der Waals surface area contributed by atoms with Gasteiger partial charge < -0.3 is 15.6 Å². The van der Waals surface area contributed by atoms with Gasteiger partial charge in [-0.3, -0.25) is 0 Å². The number of hydrogen-bond donors (Lipinski definition) is 2. The van der Waals surface area contributed by atoms with Crippen LogP contribution >= 0.6 is 0 Å². The molecule has 1 aromatic heterocycles. The Labute approximate surface area is 77.5 Å². The third kappa shape index (κ3) is 1.67. The molecule has 0 unspecified atom stereocenters. The summed E-state index contributed by atoms with van der Waals surface area (Å²) in [4.78, 5) is 0. The lowest BCUT2D eigenvalue weighted by molar-refractivity contribution is 0.301. The fourth-order valence-corrected chi connectivity index (χ4v) is 1.55. The van der Waals surface area contributed by atoms with E-state index in [4.69, 9.17) is 10.3 Å². The van der Waals surface area contributed by atoms with E-state index in [2.05, 4.69) is 10.5 Å². The molecule has 0 radical (unpaired) electrons. The predicted molar refractivity (Wildman–Crippen MR) is 50.6 cm³/mol. The van der Waals surface area contributed by atoms with Gasteiger partial charge in [0.2, 0.25) is 0 Å². The summed E-state index contributed by atoms with van der Waals surface area (Å²) in [5.41, 5.74) is 6.43. The van der Waals surface area contributed by atoms with Crippen LogP contribution in [0.1, 0.15) is 30.9 Å². The lowest BCUT2D eigenvalue weighted by atomic mass is 9.83. The molecule has 0 atom stereocenters. The van der Waals surface area contributed by atoms with Crippen LogP contribution in [0.3, 0.4) is 0 Å². The van der Waals surface area contributed by atoms with Crippen LogP contribution in [0.5, 0.6) is 0 Å². The Balaban J connectivity index is 2.02. The lowest BCUT2D eigenvalue weighted by Crippen LogP contribution is -2.15. The molecule has 1 aliphatic carbocycles. The fraction of sp³-hybridized carbons (Fsp3) is 0.667. The molecule has 1 aliphatic rings. The minimum atomic E-state index is 0.586. The zero-order valence-electron chi connectivity index (χ0n) is 7.62. The van der Waals surface area contributed by atoms with Crippen molar-refractivity contribution in [2.45, 2.75) is 25.2 Å². The van der Waals surface area contributed by atoms with Gasteiger partial charge in [-0.1, -0.05) is 11.6 Å². The van der Waals surface area contributed by atoms with Gasteiger partial charge in [0, 0.05) is 19.0 Å². The quantitative estimate of drug-likeness (QED) is 0.735. The predicted octanol–water partition coefficient (Wildman–Crippen LogP) is 1.31. The Bertz CT molecular complexity index is 268. The summed E-state index contributed by atoms with van der Waals surface area (Å²) >= 11 is 0. The molecule has 4 heteroatoms. The van der Waals surface area contributed by atoms with Crippen LogP contribution in [0.15, 0.2) is 10.7 Å². The SMILES string of the molecule is NCCNc1cnoc1C1CCC1. The molecule has 72 valence electrons. The van der Waals surface area contributed by atoms with Crippen LogP contribution in [0.4, 0.5) is 5.69 Å². The molecular weight excluding hydrogens is 166 g/mol. The second kappa shape index (κ2) is 3.79. The van der Waals surface area contributed by atoms with Gasteiger partial charge in [-0.25, -0.2) is 0 Å².